The van der Waals surface area contributed by atoms with Gasteiger partial charge in [0.2, 0.25) is 0 Å². The van der Waals surface area contributed by atoms with Crippen LogP contribution in [0.4, 0.5) is 0 Å². The Bertz CT molecular complexity index is 148. The Morgan fingerprint density at radius 1 is 1.15 bits per heavy atom. The molecule has 2 nitrogen and oxygen atoms in total. The molecule has 1 N–H and O–H groups in total. The van der Waals surface area contributed by atoms with Crippen molar-refractivity contribution in [3.8, 4) is 0 Å². The molecule has 1 heterocycles. The molecule has 4 unspecified atom stereocenters. The lowest BCUT2D eigenvalue weighted by Crippen LogP contribution is -2.52. The van der Waals surface area contributed by atoms with E-state index in [1.807, 2.05) is 6.92 Å². The van der Waals surface area contributed by atoms with Crippen LogP contribution < -0.4 is 0 Å². The molecular formula is C11H23NO. The third kappa shape index (κ3) is 2.44. The first-order valence-electron chi connectivity index (χ1n) is 5.49. The van der Waals surface area contributed by atoms with E-state index in [1.165, 1.54) is 19.3 Å². The molecule has 0 spiro atoms. The van der Waals surface area contributed by atoms with Crippen molar-refractivity contribution >= 4 is 0 Å². The predicted octanol–water partition coefficient (Wildman–Crippen LogP) is 2.02. The second kappa shape index (κ2) is 4.43. The second-order valence-corrected chi connectivity index (χ2v) is 4.56. The van der Waals surface area contributed by atoms with Crippen LogP contribution in [0, 0.1) is 0 Å². The van der Waals surface area contributed by atoms with Crippen molar-refractivity contribution in [1.29, 1.82) is 0 Å². The van der Waals surface area contributed by atoms with E-state index in [0.29, 0.717) is 18.1 Å². The fraction of sp³-hybridized carbons (Fsp3) is 1.00. The molecule has 0 amide bonds. The van der Waals surface area contributed by atoms with Crippen molar-refractivity contribution in [2.24, 2.45) is 0 Å². The average molecular weight is 185 g/mol. The Hall–Kier alpha value is -0.0800. The number of rotatable bonds is 2. The zero-order valence-electron chi connectivity index (χ0n) is 9.33. The standard InChI is InChI=1S/C11H23NO/c1-8-6-5-7-9(2)12(8)10(3)11(4)13/h8-11,13H,5-7H2,1-4H3. The van der Waals surface area contributed by atoms with Crippen molar-refractivity contribution < 1.29 is 5.11 Å². The smallest absolute Gasteiger partial charge is 0.0664 e. The fourth-order valence-corrected chi connectivity index (χ4v) is 2.49. The summed E-state index contributed by atoms with van der Waals surface area (Å²) in [6.45, 7) is 8.56. The summed E-state index contributed by atoms with van der Waals surface area (Å²) >= 11 is 0. The van der Waals surface area contributed by atoms with Gasteiger partial charge in [0.25, 0.3) is 0 Å². The van der Waals surface area contributed by atoms with Gasteiger partial charge in [-0.2, -0.15) is 0 Å². The zero-order chi connectivity index (χ0) is 10.0. The number of nitrogens with zero attached hydrogens (tertiary/aromatic N) is 1. The monoisotopic (exact) mass is 185 g/mol. The van der Waals surface area contributed by atoms with Gasteiger partial charge in [-0.15, -0.1) is 0 Å². The Morgan fingerprint density at radius 3 is 2.00 bits per heavy atom. The van der Waals surface area contributed by atoms with E-state index in [-0.39, 0.29) is 6.10 Å². The Kier molecular flexibility index (Phi) is 3.74. The molecule has 13 heavy (non-hydrogen) atoms. The highest BCUT2D eigenvalue weighted by atomic mass is 16.3. The van der Waals surface area contributed by atoms with Gasteiger partial charge in [-0.3, -0.25) is 4.90 Å². The van der Waals surface area contributed by atoms with E-state index < -0.39 is 0 Å². The van der Waals surface area contributed by atoms with Gasteiger partial charge < -0.3 is 5.11 Å². The molecule has 0 aromatic carbocycles. The molecule has 1 saturated heterocycles. The van der Waals surface area contributed by atoms with Crippen LogP contribution in [-0.2, 0) is 0 Å². The van der Waals surface area contributed by atoms with Crippen LogP contribution in [0.2, 0.25) is 0 Å². The second-order valence-electron chi connectivity index (χ2n) is 4.56. The normalized spacial score (nSPS) is 35.8. The summed E-state index contributed by atoms with van der Waals surface area (Å²) in [5, 5.41) is 9.57. The quantitative estimate of drug-likeness (QED) is 0.711. The minimum Gasteiger partial charge on any atom is -0.392 e. The highest BCUT2D eigenvalue weighted by molar-refractivity contribution is 4.85. The third-order valence-corrected chi connectivity index (χ3v) is 3.43. The summed E-state index contributed by atoms with van der Waals surface area (Å²) < 4.78 is 0. The van der Waals surface area contributed by atoms with E-state index in [4.69, 9.17) is 0 Å². The minimum absolute atomic E-state index is 0.219. The first-order chi connectivity index (χ1) is 6.04. The van der Waals surface area contributed by atoms with Crippen molar-refractivity contribution in [3.05, 3.63) is 0 Å². The topological polar surface area (TPSA) is 23.5 Å². The van der Waals surface area contributed by atoms with Crippen molar-refractivity contribution in [1.82, 2.24) is 4.90 Å². The van der Waals surface area contributed by atoms with Crippen LogP contribution in [0.25, 0.3) is 0 Å². The number of aliphatic hydroxyl groups excluding tert-OH is 1. The van der Waals surface area contributed by atoms with Crippen molar-refractivity contribution in [2.75, 3.05) is 0 Å². The van der Waals surface area contributed by atoms with Gasteiger partial charge in [0.05, 0.1) is 6.10 Å². The maximum absolute atomic E-state index is 9.57. The molecule has 0 saturated carbocycles. The SMILES string of the molecule is CC(O)C(C)N1C(C)CCCC1C. The summed E-state index contributed by atoms with van der Waals surface area (Å²) in [5.41, 5.74) is 0. The highest BCUT2D eigenvalue weighted by Crippen LogP contribution is 2.25. The molecule has 1 aliphatic rings. The van der Waals surface area contributed by atoms with Crippen LogP contribution in [0.1, 0.15) is 47.0 Å². The Balaban J connectivity index is 2.62. The lowest BCUT2D eigenvalue weighted by Gasteiger charge is -2.44. The van der Waals surface area contributed by atoms with Gasteiger partial charge >= 0.3 is 0 Å². The van der Waals surface area contributed by atoms with E-state index in [1.54, 1.807) is 0 Å². The molecule has 4 atom stereocenters. The first kappa shape index (κ1) is 11.0. The molecule has 0 aliphatic carbocycles. The van der Waals surface area contributed by atoms with Gasteiger partial charge in [0.1, 0.15) is 0 Å². The average Bonchev–Trinajstić information content (AvgIpc) is 2.03. The maximum Gasteiger partial charge on any atom is 0.0664 e. The van der Waals surface area contributed by atoms with Crippen LogP contribution in [0.15, 0.2) is 0 Å². The summed E-state index contributed by atoms with van der Waals surface area (Å²) in [5.74, 6) is 0. The summed E-state index contributed by atoms with van der Waals surface area (Å²) in [6.07, 6.45) is 3.68. The number of aliphatic hydroxyl groups is 1. The molecule has 78 valence electrons. The van der Waals surface area contributed by atoms with Crippen molar-refractivity contribution in [3.63, 3.8) is 0 Å². The Labute approximate surface area is 81.9 Å². The van der Waals surface area contributed by atoms with Gasteiger partial charge in [0.15, 0.2) is 0 Å². The molecule has 1 fully saturated rings. The van der Waals surface area contributed by atoms with E-state index in [2.05, 4.69) is 25.7 Å². The molecule has 0 radical (unpaired) electrons. The number of hydrogen-bond acceptors (Lipinski definition) is 2. The molecule has 0 aromatic rings. The third-order valence-electron chi connectivity index (χ3n) is 3.43. The number of hydrogen-bond donors (Lipinski definition) is 1. The van der Waals surface area contributed by atoms with Crippen LogP contribution in [-0.4, -0.2) is 34.2 Å². The molecule has 0 bridgehead atoms. The van der Waals surface area contributed by atoms with Gasteiger partial charge in [-0.1, -0.05) is 6.42 Å². The summed E-state index contributed by atoms with van der Waals surface area (Å²) in [6, 6.07) is 1.56. The highest BCUT2D eigenvalue weighted by Gasteiger charge is 2.30. The van der Waals surface area contributed by atoms with Crippen LogP contribution in [0.3, 0.4) is 0 Å². The zero-order valence-corrected chi connectivity index (χ0v) is 9.33. The molecule has 1 aliphatic heterocycles. The van der Waals surface area contributed by atoms with Crippen molar-refractivity contribution in [2.45, 2.75) is 71.2 Å². The lowest BCUT2D eigenvalue weighted by molar-refractivity contribution is 0.000214. The molecule has 0 aromatic heterocycles. The van der Waals surface area contributed by atoms with Crippen LogP contribution >= 0.6 is 0 Å². The molecule has 2 heteroatoms. The molecule has 1 rings (SSSR count). The number of likely N-dealkylation sites (tertiary alicyclic amines) is 1. The van der Waals surface area contributed by atoms with Gasteiger partial charge in [-0.05, 0) is 40.5 Å². The largest absolute Gasteiger partial charge is 0.392 e. The maximum atomic E-state index is 9.57. The first-order valence-corrected chi connectivity index (χ1v) is 5.49. The Morgan fingerprint density at radius 2 is 1.62 bits per heavy atom. The minimum atomic E-state index is -0.219. The summed E-state index contributed by atoms with van der Waals surface area (Å²) in [7, 11) is 0. The van der Waals surface area contributed by atoms with Gasteiger partial charge in [0, 0.05) is 18.1 Å². The van der Waals surface area contributed by atoms with Gasteiger partial charge in [-0.25, -0.2) is 0 Å². The van der Waals surface area contributed by atoms with Crippen LogP contribution in [0.5, 0.6) is 0 Å². The number of piperidine rings is 1. The van der Waals surface area contributed by atoms with E-state index in [9.17, 15) is 5.11 Å². The predicted molar refractivity (Wildman–Crippen MR) is 55.8 cm³/mol. The fourth-order valence-electron chi connectivity index (χ4n) is 2.49. The molecular weight excluding hydrogens is 162 g/mol. The van der Waals surface area contributed by atoms with E-state index in [0.717, 1.165) is 0 Å². The van der Waals surface area contributed by atoms with E-state index >= 15 is 0 Å². The summed E-state index contributed by atoms with van der Waals surface area (Å²) in [4.78, 5) is 2.47. The lowest BCUT2D eigenvalue weighted by atomic mass is 9.94.